The van der Waals surface area contributed by atoms with E-state index in [4.69, 9.17) is 0 Å². The van der Waals surface area contributed by atoms with E-state index in [2.05, 4.69) is 61.5 Å². The van der Waals surface area contributed by atoms with Crippen molar-refractivity contribution in [3.8, 4) is 0 Å². The lowest BCUT2D eigenvalue weighted by Gasteiger charge is -2.04. The van der Waals surface area contributed by atoms with Crippen LogP contribution in [0, 0.1) is 6.92 Å². The van der Waals surface area contributed by atoms with Crippen molar-refractivity contribution in [2.45, 2.75) is 0 Å². The Labute approximate surface area is 90.6 Å². The summed E-state index contributed by atoms with van der Waals surface area (Å²) in [5.74, 6) is 0. The van der Waals surface area contributed by atoms with Crippen molar-refractivity contribution < 1.29 is 1.43 Å². The van der Waals surface area contributed by atoms with Crippen LogP contribution in [0.5, 0.6) is 0 Å². The molecule has 0 N–H and O–H groups in total. The summed E-state index contributed by atoms with van der Waals surface area (Å²) in [7, 11) is 0. The van der Waals surface area contributed by atoms with Gasteiger partial charge in [0, 0.05) is 0 Å². The summed E-state index contributed by atoms with van der Waals surface area (Å²) in [5, 5.41) is 5.18. The van der Waals surface area contributed by atoms with Crippen molar-refractivity contribution in [3.05, 3.63) is 67.1 Å². The smallest absolute Gasteiger partial charge is 0.0616 e. The number of rotatable bonds is 0. The maximum atomic E-state index is 3.95. The van der Waals surface area contributed by atoms with Gasteiger partial charge in [-0.15, -0.1) is 0 Å². The maximum absolute atomic E-state index is 3.95. The Morgan fingerprint density at radius 2 is 1.47 bits per heavy atom. The second kappa shape index (κ2) is 3.09. The standard InChI is InChI=1S/C15H11/c1-11-6-9-15-13(10-11)8-7-12-4-2-3-5-14(12)15/h2-10H,1H2/p+1. The van der Waals surface area contributed by atoms with E-state index in [1.54, 1.807) is 0 Å². The second-order valence-electron chi connectivity index (χ2n) is 3.84. The number of hydrogen-bond acceptors (Lipinski definition) is 0. The van der Waals surface area contributed by atoms with Gasteiger partial charge in [0.1, 0.15) is 0 Å². The zero-order valence-corrected chi connectivity index (χ0v) is 8.40. The van der Waals surface area contributed by atoms with Gasteiger partial charge in [-0.3, -0.25) is 0 Å². The molecule has 0 saturated carbocycles. The SMILES string of the molecule is [CH2]c1ccc2c(ccc3ccccc32)c1.[H+]. The molecule has 0 spiro atoms. The predicted octanol–water partition coefficient (Wildman–Crippen LogP) is 4.29. The summed E-state index contributed by atoms with van der Waals surface area (Å²) in [4.78, 5) is 0. The Hall–Kier alpha value is -1.82. The van der Waals surface area contributed by atoms with E-state index in [0.717, 1.165) is 5.56 Å². The molecule has 15 heavy (non-hydrogen) atoms. The van der Waals surface area contributed by atoms with Crippen molar-refractivity contribution in [3.63, 3.8) is 0 Å². The molecule has 0 aliphatic rings. The monoisotopic (exact) mass is 192 g/mol. The topological polar surface area (TPSA) is 0 Å². The molecular formula is C15H12+. The Bertz CT molecular complexity index is 641. The molecule has 3 aromatic carbocycles. The third-order valence-corrected chi connectivity index (χ3v) is 2.81. The number of fused-ring (bicyclic) bond motifs is 3. The van der Waals surface area contributed by atoms with E-state index in [1.807, 2.05) is 0 Å². The van der Waals surface area contributed by atoms with Gasteiger partial charge >= 0.3 is 1.43 Å². The normalized spacial score (nSPS) is 11.0. The Morgan fingerprint density at radius 1 is 0.733 bits per heavy atom. The highest BCUT2D eigenvalue weighted by Gasteiger charge is 1.98. The molecule has 0 aromatic heterocycles. The van der Waals surface area contributed by atoms with E-state index in [1.165, 1.54) is 21.5 Å². The van der Waals surface area contributed by atoms with Crippen molar-refractivity contribution in [1.82, 2.24) is 0 Å². The van der Waals surface area contributed by atoms with E-state index in [9.17, 15) is 0 Å². The van der Waals surface area contributed by atoms with Crippen LogP contribution >= 0.6 is 0 Å². The number of hydrogen-bond donors (Lipinski definition) is 0. The highest BCUT2D eigenvalue weighted by atomic mass is 14.0. The third kappa shape index (κ3) is 1.30. The fraction of sp³-hybridized carbons (Fsp3) is 0. The van der Waals surface area contributed by atoms with Crippen molar-refractivity contribution >= 4 is 21.5 Å². The van der Waals surface area contributed by atoms with Crippen LogP contribution < -0.4 is 0 Å². The average molecular weight is 192 g/mol. The molecule has 0 saturated heterocycles. The zero-order valence-electron chi connectivity index (χ0n) is 9.40. The van der Waals surface area contributed by atoms with Gasteiger partial charge in [-0.1, -0.05) is 54.6 Å². The molecule has 3 rings (SSSR count). The summed E-state index contributed by atoms with van der Waals surface area (Å²) < 4.78 is 0. The Morgan fingerprint density at radius 3 is 2.40 bits per heavy atom. The molecule has 3 aromatic rings. The lowest BCUT2D eigenvalue weighted by Crippen LogP contribution is -1.78. The fourth-order valence-electron chi connectivity index (χ4n) is 2.06. The molecule has 1 radical (unpaired) electrons. The fourth-order valence-corrected chi connectivity index (χ4v) is 2.06. The van der Waals surface area contributed by atoms with E-state index >= 15 is 0 Å². The summed E-state index contributed by atoms with van der Waals surface area (Å²) >= 11 is 0. The molecule has 0 atom stereocenters. The first-order chi connectivity index (χ1) is 7.34. The lowest BCUT2D eigenvalue weighted by atomic mass is 10.0. The minimum Gasteiger partial charge on any atom is -0.0616 e. The average Bonchev–Trinajstić information content (AvgIpc) is 2.28. The van der Waals surface area contributed by atoms with E-state index < -0.39 is 0 Å². The maximum Gasteiger partial charge on any atom is 1.00 e. The van der Waals surface area contributed by atoms with Crippen LogP contribution in [0.4, 0.5) is 0 Å². The van der Waals surface area contributed by atoms with Gasteiger partial charge in [0.2, 0.25) is 0 Å². The molecule has 0 heteroatoms. The van der Waals surface area contributed by atoms with Gasteiger partial charge < -0.3 is 0 Å². The molecule has 0 amide bonds. The molecule has 0 nitrogen and oxygen atoms in total. The first-order valence-electron chi connectivity index (χ1n) is 5.08. The molecular weight excluding hydrogens is 180 g/mol. The summed E-state index contributed by atoms with van der Waals surface area (Å²) in [6.07, 6.45) is 0. The first-order valence-corrected chi connectivity index (χ1v) is 5.08. The molecule has 0 unspecified atom stereocenters. The van der Waals surface area contributed by atoms with Crippen LogP contribution in [0.1, 0.15) is 6.99 Å². The Kier molecular flexibility index (Phi) is 1.75. The van der Waals surface area contributed by atoms with Gasteiger partial charge in [0.25, 0.3) is 0 Å². The van der Waals surface area contributed by atoms with E-state index in [0.29, 0.717) is 0 Å². The van der Waals surface area contributed by atoms with Gasteiger partial charge in [-0.25, -0.2) is 0 Å². The quantitative estimate of drug-likeness (QED) is 0.466. The van der Waals surface area contributed by atoms with Crippen LogP contribution in [0.25, 0.3) is 21.5 Å². The largest absolute Gasteiger partial charge is 1.00 e. The lowest BCUT2D eigenvalue weighted by molar-refractivity contribution is 1.68. The molecule has 0 heterocycles. The predicted molar refractivity (Wildman–Crippen MR) is 67.0 cm³/mol. The minimum absolute atomic E-state index is 0. The zero-order chi connectivity index (χ0) is 10.3. The van der Waals surface area contributed by atoms with Crippen molar-refractivity contribution in [2.24, 2.45) is 0 Å². The van der Waals surface area contributed by atoms with Gasteiger partial charge in [0.15, 0.2) is 0 Å². The molecule has 71 valence electrons. The van der Waals surface area contributed by atoms with E-state index in [-0.39, 0.29) is 1.43 Å². The van der Waals surface area contributed by atoms with Gasteiger partial charge in [-0.2, -0.15) is 0 Å². The van der Waals surface area contributed by atoms with Crippen molar-refractivity contribution in [2.75, 3.05) is 0 Å². The van der Waals surface area contributed by atoms with Crippen molar-refractivity contribution in [1.29, 1.82) is 0 Å². The summed E-state index contributed by atoms with van der Waals surface area (Å²) in [6, 6.07) is 19.1. The summed E-state index contributed by atoms with van der Waals surface area (Å²) in [5.41, 5.74) is 1.07. The van der Waals surface area contributed by atoms with Gasteiger partial charge in [-0.05, 0) is 34.0 Å². The first kappa shape index (κ1) is 8.49. The molecule has 0 fully saturated rings. The minimum atomic E-state index is 0. The van der Waals surface area contributed by atoms with Crippen LogP contribution in [0.2, 0.25) is 0 Å². The van der Waals surface area contributed by atoms with Crippen LogP contribution in [0.3, 0.4) is 0 Å². The second-order valence-corrected chi connectivity index (χ2v) is 3.84. The highest BCUT2D eigenvalue weighted by Crippen LogP contribution is 2.25. The molecule has 0 bridgehead atoms. The van der Waals surface area contributed by atoms with Crippen LogP contribution in [-0.2, 0) is 0 Å². The molecule has 0 aliphatic carbocycles. The third-order valence-electron chi connectivity index (χ3n) is 2.81. The summed E-state index contributed by atoms with van der Waals surface area (Å²) in [6.45, 7) is 3.95. The van der Waals surface area contributed by atoms with Crippen LogP contribution in [-0.4, -0.2) is 0 Å². The molecule has 0 aliphatic heterocycles. The van der Waals surface area contributed by atoms with Crippen LogP contribution in [0.15, 0.2) is 54.6 Å². The Balaban J connectivity index is 0.000000963. The highest BCUT2D eigenvalue weighted by molar-refractivity contribution is 6.07. The van der Waals surface area contributed by atoms with Gasteiger partial charge in [0.05, 0.1) is 0 Å². The number of benzene rings is 3.